The van der Waals surface area contributed by atoms with Crippen LogP contribution in [0.5, 0.6) is 0 Å². The smallest absolute Gasteiger partial charge is 0.133 e. The molecule has 0 aliphatic rings. The van der Waals surface area contributed by atoms with E-state index in [1.54, 1.807) is 11.8 Å². The van der Waals surface area contributed by atoms with Gasteiger partial charge in [0.15, 0.2) is 0 Å². The number of benzene rings is 2. The van der Waals surface area contributed by atoms with Crippen molar-refractivity contribution in [2.45, 2.75) is 36.3 Å². The molecule has 2 aromatic carbocycles. The van der Waals surface area contributed by atoms with Crippen LogP contribution in [0.3, 0.4) is 0 Å². The van der Waals surface area contributed by atoms with Gasteiger partial charge in [0.1, 0.15) is 6.29 Å². The molecule has 0 radical (unpaired) electrons. The van der Waals surface area contributed by atoms with Crippen molar-refractivity contribution in [3.8, 4) is 0 Å². The minimum Gasteiger partial charge on any atom is -0.302 e. The normalized spacial score (nSPS) is 12.4. The number of hydrogen-bond acceptors (Lipinski definition) is 2. The quantitative estimate of drug-likeness (QED) is 0.500. The van der Waals surface area contributed by atoms with Crippen molar-refractivity contribution < 1.29 is 4.79 Å². The van der Waals surface area contributed by atoms with Gasteiger partial charge in [-0.1, -0.05) is 60.1 Å². The van der Waals surface area contributed by atoms with E-state index in [-0.39, 0.29) is 5.25 Å². The number of rotatable bonds is 6. The van der Waals surface area contributed by atoms with Crippen LogP contribution < -0.4 is 0 Å². The maximum Gasteiger partial charge on any atom is 0.133 e. The van der Waals surface area contributed by atoms with Gasteiger partial charge in [-0.15, -0.1) is 11.8 Å². The molecule has 0 heterocycles. The lowest BCUT2D eigenvalue weighted by atomic mass is 10.0. The summed E-state index contributed by atoms with van der Waals surface area (Å²) in [5.74, 6) is 0.534. The summed E-state index contributed by atoms with van der Waals surface area (Å²) in [5.41, 5.74) is 2.49. The molecule has 0 aliphatic heterocycles. The maximum absolute atomic E-state index is 11.4. The second kappa shape index (κ2) is 7.81. The number of thioether (sulfide) groups is 1. The maximum atomic E-state index is 11.4. The van der Waals surface area contributed by atoms with E-state index in [0.29, 0.717) is 5.92 Å². The van der Waals surface area contributed by atoms with Crippen molar-refractivity contribution in [3.05, 3.63) is 64.1 Å². The van der Waals surface area contributed by atoms with Crippen LogP contribution in [0.4, 0.5) is 0 Å². The summed E-state index contributed by atoms with van der Waals surface area (Å²) in [5, 5.41) is -0.0615. The van der Waals surface area contributed by atoms with E-state index in [4.69, 9.17) is 0 Å². The van der Waals surface area contributed by atoms with Crippen LogP contribution >= 0.6 is 27.7 Å². The first-order chi connectivity index (χ1) is 10.1. The van der Waals surface area contributed by atoms with E-state index in [9.17, 15) is 4.79 Å². The molecule has 0 saturated heterocycles. The number of carbonyl (C=O) groups is 1. The zero-order valence-electron chi connectivity index (χ0n) is 12.3. The lowest BCUT2D eigenvalue weighted by Gasteiger charge is -2.12. The lowest BCUT2D eigenvalue weighted by molar-refractivity contribution is -0.107. The average Bonchev–Trinajstić information content (AvgIpc) is 2.49. The monoisotopic (exact) mass is 362 g/mol. The molecule has 0 bridgehead atoms. The van der Waals surface area contributed by atoms with E-state index in [1.165, 1.54) is 11.1 Å². The van der Waals surface area contributed by atoms with E-state index >= 15 is 0 Å². The van der Waals surface area contributed by atoms with Gasteiger partial charge >= 0.3 is 0 Å². The van der Waals surface area contributed by atoms with Crippen molar-refractivity contribution >= 4 is 34.0 Å². The third-order valence-electron chi connectivity index (χ3n) is 3.36. The molecule has 110 valence electrons. The number of aldehydes is 1. The second-order valence-electron chi connectivity index (χ2n) is 5.31. The van der Waals surface area contributed by atoms with Gasteiger partial charge in [-0.2, -0.15) is 0 Å². The molecule has 2 rings (SSSR count). The van der Waals surface area contributed by atoms with Gasteiger partial charge in [0.25, 0.3) is 0 Å². The van der Waals surface area contributed by atoms with Gasteiger partial charge in [0.05, 0.1) is 5.25 Å². The molecule has 1 nitrogen and oxygen atoms in total. The largest absolute Gasteiger partial charge is 0.302 e. The molecule has 0 aromatic heterocycles. The van der Waals surface area contributed by atoms with Gasteiger partial charge in [-0.3, -0.25) is 0 Å². The minimum atomic E-state index is -0.0615. The molecule has 3 heteroatoms. The first kappa shape index (κ1) is 16.3. The SMILES string of the molecule is CC(C)c1ccc(SC(C=O)Cc2ccccc2Br)cc1. The lowest BCUT2D eigenvalue weighted by Crippen LogP contribution is -2.08. The highest BCUT2D eigenvalue weighted by atomic mass is 79.9. The number of carbonyl (C=O) groups excluding carboxylic acids is 1. The number of halogens is 1. The first-order valence-corrected chi connectivity index (χ1v) is 8.72. The van der Waals surface area contributed by atoms with Crippen molar-refractivity contribution in [2.75, 3.05) is 0 Å². The molecule has 2 aromatic rings. The highest BCUT2D eigenvalue weighted by Crippen LogP contribution is 2.28. The minimum absolute atomic E-state index is 0.0615. The zero-order valence-corrected chi connectivity index (χ0v) is 14.7. The Bertz CT molecular complexity index is 592. The van der Waals surface area contributed by atoms with Crippen LogP contribution in [0.1, 0.15) is 30.9 Å². The third-order valence-corrected chi connectivity index (χ3v) is 5.26. The Morgan fingerprint density at radius 3 is 2.33 bits per heavy atom. The molecule has 0 spiro atoms. The molecule has 1 atom stereocenters. The summed E-state index contributed by atoms with van der Waals surface area (Å²) < 4.78 is 1.06. The van der Waals surface area contributed by atoms with Crippen LogP contribution in [0, 0.1) is 0 Å². The van der Waals surface area contributed by atoms with E-state index in [2.05, 4.69) is 60.1 Å². The van der Waals surface area contributed by atoms with Crippen molar-refractivity contribution in [2.24, 2.45) is 0 Å². The Labute approximate surface area is 139 Å². The van der Waals surface area contributed by atoms with Gasteiger partial charge in [0, 0.05) is 9.37 Å². The molecular formula is C18H19BrOS. The van der Waals surface area contributed by atoms with Crippen LogP contribution in [0.2, 0.25) is 0 Å². The molecule has 0 saturated carbocycles. The predicted molar refractivity (Wildman–Crippen MR) is 94.1 cm³/mol. The Morgan fingerprint density at radius 1 is 1.10 bits per heavy atom. The highest BCUT2D eigenvalue weighted by molar-refractivity contribution is 9.10. The Hall–Kier alpha value is -1.06. The van der Waals surface area contributed by atoms with Gasteiger partial charge in [-0.05, 0) is 41.7 Å². The summed E-state index contributed by atoms with van der Waals surface area (Å²) in [6.45, 7) is 4.37. The number of hydrogen-bond donors (Lipinski definition) is 0. The summed E-state index contributed by atoms with van der Waals surface area (Å²) in [6, 6.07) is 16.6. The van der Waals surface area contributed by atoms with Crippen LogP contribution in [-0.2, 0) is 11.2 Å². The topological polar surface area (TPSA) is 17.1 Å². The zero-order chi connectivity index (χ0) is 15.2. The average molecular weight is 363 g/mol. The molecule has 21 heavy (non-hydrogen) atoms. The molecule has 0 aliphatic carbocycles. The second-order valence-corrected chi connectivity index (χ2v) is 7.48. The molecule has 0 amide bonds. The Kier molecular flexibility index (Phi) is 6.07. The fourth-order valence-electron chi connectivity index (χ4n) is 2.10. The summed E-state index contributed by atoms with van der Waals surface area (Å²) in [6.07, 6.45) is 1.78. The van der Waals surface area contributed by atoms with Gasteiger partial charge in [0.2, 0.25) is 0 Å². The fraction of sp³-hybridized carbons (Fsp3) is 0.278. The van der Waals surface area contributed by atoms with Crippen LogP contribution in [-0.4, -0.2) is 11.5 Å². The van der Waals surface area contributed by atoms with Crippen molar-refractivity contribution in [1.29, 1.82) is 0 Å². The van der Waals surface area contributed by atoms with E-state index in [1.807, 2.05) is 18.2 Å². The predicted octanol–water partition coefficient (Wildman–Crippen LogP) is 5.47. The van der Waals surface area contributed by atoms with Crippen LogP contribution in [0.15, 0.2) is 57.9 Å². The molecular weight excluding hydrogens is 344 g/mol. The molecule has 1 unspecified atom stereocenters. The standard InChI is InChI=1S/C18H19BrOS/c1-13(2)14-7-9-16(10-8-14)21-17(12-20)11-15-5-3-4-6-18(15)19/h3-10,12-13,17H,11H2,1-2H3. The Balaban J connectivity index is 2.05. The third kappa shape index (κ3) is 4.72. The van der Waals surface area contributed by atoms with E-state index < -0.39 is 0 Å². The summed E-state index contributed by atoms with van der Waals surface area (Å²) >= 11 is 5.16. The summed E-state index contributed by atoms with van der Waals surface area (Å²) in [4.78, 5) is 12.5. The highest BCUT2D eigenvalue weighted by Gasteiger charge is 2.12. The summed E-state index contributed by atoms with van der Waals surface area (Å²) in [7, 11) is 0. The Morgan fingerprint density at radius 2 is 1.76 bits per heavy atom. The van der Waals surface area contributed by atoms with E-state index in [0.717, 1.165) is 22.1 Å². The van der Waals surface area contributed by atoms with Crippen LogP contribution in [0.25, 0.3) is 0 Å². The molecule has 0 N–H and O–H groups in total. The van der Waals surface area contributed by atoms with Gasteiger partial charge < -0.3 is 4.79 Å². The fourth-order valence-corrected chi connectivity index (χ4v) is 3.51. The van der Waals surface area contributed by atoms with Crippen molar-refractivity contribution in [3.63, 3.8) is 0 Å². The molecule has 0 fully saturated rings. The van der Waals surface area contributed by atoms with Crippen molar-refractivity contribution in [1.82, 2.24) is 0 Å². The first-order valence-electron chi connectivity index (χ1n) is 7.05. The van der Waals surface area contributed by atoms with Gasteiger partial charge in [-0.25, -0.2) is 0 Å².